The molecule has 0 saturated carbocycles. The van der Waals surface area contributed by atoms with Crippen molar-refractivity contribution in [3.63, 3.8) is 0 Å². The standard InChI is InChI=1S/C27H18O8/c28-21-7-3-15(11-23(21)30)27(16-4-8-22(29)24(31)12-16)19-5-1-13(25(32)33)9-17(19)18-10-14(26(34)35)2-6-20(18)27/h1-12,28-31H,(H,32,33)(H,34,35). The largest absolute Gasteiger partial charge is 0.504 e. The molecule has 0 aromatic heterocycles. The highest BCUT2D eigenvalue weighted by atomic mass is 16.4. The van der Waals surface area contributed by atoms with Gasteiger partial charge in [0.25, 0.3) is 0 Å². The van der Waals surface area contributed by atoms with Gasteiger partial charge in [0.2, 0.25) is 0 Å². The Labute approximate surface area is 198 Å². The summed E-state index contributed by atoms with van der Waals surface area (Å²) in [5, 5.41) is 59.8. The van der Waals surface area contributed by atoms with Crippen molar-refractivity contribution in [2.45, 2.75) is 5.41 Å². The van der Waals surface area contributed by atoms with Gasteiger partial charge in [-0.25, -0.2) is 9.59 Å². The van der Waals surface area contributed by atoms with Gasteiger partial charge >= 0.3 is 11.9 Å². The molecule has 0 atom stereocenters. The molecule has 174 valence electrons. The number of carboxylic acids is 2. The van der Waals surface area contributed by atoms with Gasteiger partial charge in [-0.1, -0.05) is 24.3 Å². The number of rotatable bonds is 4. The van der Waals surface area contributed by atoms with Gasteiger partial charge in [-0.2, -0.15) is 0 Å². The molecule has 4 aromatic rings. The van der Waals surface area contributed by atoms with Crippen LogP contribution in [0.2, 0.25) is 0 Å². The molecule has 0 bridgehead atoms. The highest BCUT2D eigenvalue weighted by Gasteiger charge is 2.47. The fourth-order valence-corrected chi connectivity index (χ4v) is 4.90. The summed E-state index contributed by atoms with van der Waals surface area (Å²) in [5.41, 5.74) is 1.71. The SMILES string of the molecule is O=C(O)c1ccc2c(c1)-c1cc(C(=O)O)ccc1C2(c1ccc(O)c(O)c1)c1ccc(O)c(O)c1. The molecule has 8 heteroatoms. The lowest BCUT2D eigenvalue weighted by Crippen LogP contribution is -2.28. The van der Waals surface area contributed by atoms with E-state index < -0.39 is 28.9 Å². The van der Waals surface area contributed by atoms with Gasteiger partial charge in [-0.05, 0) is 81.9 Å². The quantitative estimate of drug-likeness (QED) is 0.213. The molecule has 0 saturated heterocycles. The average Bonchev–Trinajstić information content (AvgIpc) is 3.12. The van der Waals surface area contributed by atoms with Crippen molar-refractivity contribution in [1.29, 1.82) is 0 Å². The first-order valence-corrected chi connectivity index (χ1v) is 10.5. The second-order valence-corrected chi connectivity index (χ2v) is 8.29. The zero-order valence-corrected chi connectivity index (χ0v) is 17.9. The Kier molecular flexibility index (Phi) is 4.70. The molecule has 5 rings (SSSR count). The fraction of sp³-hybridized carbons (Fsp3) is 0.0370. The van der Waals surface area contributed by atoms with Gasteiger partial charge in [-0.3, -0.25) is 0 Å². The summed E-state index contributed by atoms with van der Waals surface area (Å²) >= 11 is 0. The number of aromatic hydroxyl groups is 4. The number of phenols is 4. The predicted octanol–water partition coefficient (Wildman–Crippen LogP) is 4.27. The number of fused-ring (bicyclic) bond motifs is 3. The van der Waals surface area contributed by atoms with Crippen LogP contribution in [0.3, 0.4) is 0 Å². The molecule has 1 aliphatic carbocycles. The molecule has 0 spiro atoms. The van der Waals surface area contributed by atoms with E-state index in [1.807, 2.05) is 0 Å². The van der Waals surface area contributed by atoms with E-state index in [0.29, 0.717) is 33.4 Å². The van der Waals surface area contributed by atoms with Crippen molar-refractivity contribution in [3.05, 3.63) is 106 Å². The summed E-state index contributed by atoms with van der Waals surface area (Å²) in [4.78, 5) is 23.5. The second-order valence-electron chi connectivity index (χ2n) is 8.29. The van der Waals surface area contributed by atoms with Crippen LogP contribution in [0, 0.1) is 0 Å². The summed E-state index contributed by atoms with van der Waals surface area (Å²) in [6, 6.07) is 17.4. The van der Waals surface area contributed by atoms with Crippen molar-refractivity contribution in [3.8, 4) is 34.1 Å². The second kappa shape index (κ2) is 7.53. The Bertz CT molecular complexity index is 1440. The third-order valence-corrected chi connectivity index (χ3v) is 6.45. The first kappa shape index (κ1) is 21.8. The molecule has 35 heavy (non-hydrogen) atoms. The lowest BCUT2D eigenvalue weighted by molar-refractivity contribution is 0.0686. The van der Waals surface area contributed by atoms with Crippen LogP contribution >= 0.6 is 0 Å². The van der Waals surface area contributed by atoms with E-state index in [-0.39, 0.29) is 22.6 Å². The molecular weight excluding hydrogens is 452 g/mol. The fourth-order valence-electron chi connectivity index (χ4n) is 4.90. The summed E-state index contributed by atoms with van der Waals surface area (Å²) in [5.74, 6) is -3.82. The van der Waals surface area contributed by atoms with Crippen LogP contribution in [0.15, 0.2) is 72.8 Å². The maximum Gasteiger partial charge on any atom is 0.335 e. The molecular formula is C27H18O8. The van der Waals surface area contributed by atoms with Crippen molar-refractivity contribution >= 4 is 11.9 Å². The van der Waals surface area contributed by atoms with Crippen LogP contribution in [-0.4, -0.2) is 42.6 Å². The number of aromatic carboxylic acids is 2. The Morgan fingerprint density at radius 2 is 0.914 bits per heavy atom. The molecule has 0 heterocycles. The molecule has 4 aromatic carbocycles. The lowest BCUT2D eigenvalue weighted by atomic mass is 9.67. The maximum atomic E-state index is 11.7. The minimum Gasteiger partial charge on any atom is -0.504 e. The smallest absolute Gasteiger partial charge is 0.335 e. The van der Waals surface area contributed by atoms with Crippen LogP contribution in [0.1, 0.15) is 43.0 Å². The molecule has 6 N–H and O–H groups in total. The van der Waals surface area contributed by atoms with Crippen molar-refractivity contribution in [1.82, 2.24) is 0 Å². The van der Waals surface area contributed by atoms with Crippen molar-refractivity contribution in [2.24, 2.45) is 0 Å². The molecule has 8 nitrogen and oxygen atoms in total. The highest BCUT2D eigenvalue weighted by Crippen LogP contribution is 2.57. The number of phenolic OH excluding ortho intramolecular Hbond substituents is 4. The molecule has 0 radical (unpaired) electrons. The number of hydrogen-bond donors (Lipinski definition) is 6. The summed E-state index contributed by atoms with van der Waals surface area (Å²) in [6.07, 6.45) is 0. The van der Waals surface area contributed by atoms with Gasteiger partial charge in [-0.15, -0.1) is 0 Å². The molecule has 0 unspecified atom stereocenters. The van der Waals surface area contributed by atoms with Gasteiger partial charge in [0.15, 0.2) is 23.0 Å². The zero-order chi connectivity index (χ0) is 25.1. The Hall–Kier alpha value is -4.98. The number of benzene rings is 4. The van der Waals surface area contributed by atoms with Crippen LogP contribution in [-0.2, 0) is 5.41 Å². The monoisotopic (exact) mass is 470 g/mol. The Balaban J connectivity index is 1.98. The lowest BCUT2D eigenvalue weighted by Gasteiger charge is -2.34. The number of hydrogen-bond acceptors (Lipinski definition) is 6. The third-order valence-electron chi connectivity index (χ3n) is 6.45. The van der Waals surface area contributed by atoms with E-state index in [1.54, 1.807) is 24.3 Å². The summed E-state index contributed by atoms with van der Waals surface area (Å²) in [6.45, 7) is 0. The van der Waals surface area contributed by atoms with Crippen LogP contribution in [0.4, 0.5) is 0 Å². The molecule has 0 amide bonds. The van der Waals surface area contributed by atoms with E-state index in [9.17, 15) is 40.2 Å². The highest BCUT2D eigenvalue weighted by molar-refractivity contribution is 5.96. The first-order chi connectivity index (χ1) is 16.6. The normalized spacial score (nSPS) is 13.1. The Morgan fingerprint density at radius 1 is 0.514 bits per heavy atom. The topological polar surface area (TPSA) is 156 Å². The molecule has 1 aliphatic rings. The van der Waals surface area contributed by atoms with E-state index in [1.165, 1.54) is 48.5 Å². The maximum absolute atomic E-state index is 11.7. The summed E-state index contributed by atoms with van der Waals surface area (Å²) < 4.78 is 0. The zero-order valence-electron chi connectivity index (χ0n) is 17.9. The molecule has 0 fully saturated rings. The van der Waals surface area contributed by atoms with Gasteiger partial charge in [0, 0.05) is 0 Å². The van der Waals surface area contributed by atoms with E-state index in [0.717, 1.165) is 0 Å². The predicted molar refractivity (Wildman–Crippen MR) is 124 cm³/mol. The summed E-state index contributed by atoms with van der Waals surface area (Å²) in [7, 11) is 0. The van der Waals surface area contributed by atoms with Gasteiger partial charge < -0.3 is 30.6 Å². The minimum atomic E-state index is -1.25. The van der Waals surface area contributed by atoms with Crippen LogP contribution < -0.4 is 0 Å². The van der Waals surface area contributed by atoms with E-state index in [4.69, 9.17) is 0 Å². The molecule has 0 aliphatic heterocycles. The van der Waals surface area contributed by atoms with Gasteiger partial charge in [0.1, 0.15) is 0 Å². The van der Waals surface area contributed by atoms with E-state index in [2.05, 4.69) is 0 Å². The van der Waals surface area contributed by atoms with Crippen molar-refractivity contribution in [2.75, 3.05) is 0 Å². The number of carbonyl (C=O) groups is 2. The number of carboxylic acid groups (broad SMARTS) is 2. The van der Waals surface area contributed by atoms with Gasteiger partial charge in [0.05, 0.1) is 16.5 Å². The third kappa shape index (κ3) is 3.07. The first-order valence-electron chi connectivity index (χ1n) is 10.5. The minimum absolute atomic E-state index is 0.00617. The van der Waals surface area contributed by atoms with Crippen LogP contribution in [0.5, 0.6) is 23.0 Å². The van der Waals surface area contributed by atoms with Crippen molar-refractivity contribution < 1.29 is 40.2 Å². The van der Waals surface area contributed by atoms with E-state index >= 15 is 0 Å². The van der Waals surface area contributed by atoms with Crippen LogP contribution in [0.25, 0.3) is 11.1 Å². The Morgan fingerprint density at radius 3 is 1.26 bits per heavy atom. The average molecular weight is 470 g/mol.